The number of carbonyl (C=O) groups is 1. The van der Waals surface area contributed by atoms with Gasteiger partial charge in [-0.15, -0.1) is 0 Å². The minimum Gasteiger partial charge on any atom is -0.461 e. The molecule has 7 nitrogen and oxygen atoms in total. The maximum Gasteiger partial charge on any atom is 0.241 e. The Labute approximate surface area is 147 Å². The Morgan fingerprint density at radius 3 is 2.72 bits per heavy atom. The first-order valence-corrected chi connectivity index (χ1v) is 9.14. The smallest absolute Gasteiger partial charge is 0.241 e. The standard InChI is InChI=1S/C18H24N4O3/c23-17(12-14-4-1-2-5-14)22-9-7-21(8-10-22)13-16-19-18(20-25-16)15-6-3-11-24-15/h3,6,11,14H,1-2,4-5,7-10,12-13H2. The molecule has 134 valence electrons. The molecule has 1 aliphatic carbocycles. The molecule has 0 N–H and O–H groups in total. The summed E-state index contributed by atoms with van der Waals surface area (Å²) in [6.07, 6.45) is 7.34. The lowest BCUT2D eigenvalue weighted by Gasteiger charge is -2.34. The van der Waals surface area contributed by atoms with Gasteiger partial charge in [0.05, 0.1) is 12.8 Å². The fourth-order valence-electron chi connectivity index (χ4n) is 3.76. The summed E-state index contributed by atoms with van der Waals surface area (Å²) >= 11 is 0. The summed E-state index contributed by atoms with van der Waals surface area (Å²) < 4.78 is 10.6. The summed E-state index contributed by atoms with van der Waals surface area (Å²) in [7, 11) is 0. The molecule has 0 aromatic carbocycles. The van der Waals surface area contributed by atoms with Gasteiger partial charge in [0.1, 0.15) is 0 Å². The highest BCUT2D eigenvalue weighted by Gasteiger charge is 2.26. The molecule has 0 unspecified atom stereocenters. The van der Waals surface area contributed by atoms with Crippen molar-refractivity contribution in [2.24, 2.45) is 5.92 Å². The Hall–Kier alpha value is -2.15. The summed E-state index contributed by atoms with van der Waals surface area (Å²) in [5.74, 6) is 2.60. The Bertz CT molecular complexity index is 683. The molecule has 0 bridgehead atoms. The van der Waals surface area contributed by atoms with Crippen molar-refractivity contribution in [3.8, 4) is 11.6 Å². The number of amides is 1. The molecule has 2 aromatic heterocycles. The van der Waals surface area contributed by atoms with Crippen LogP contribution in [0.5, 0.6) is 0 Å². The van der Waals surface area contributed by atoms with Crippen LogP contribution in [0.15, 0.2) is 27.3 Å². The van der Waals surface area contributed by atoms with Crippen LogP contribution in [-0.4, -0.2) is 52.0 Å². The van der Waals surface area contributed by atoms with Crippen LogP contribution in [0.4, 0.5) is 0 Å². The van der Waals surface area contributed by atoms with Crippen molar-refractivity contribution in [3.05, 3.63) is 24.3 Å². The molecular formula is C18H24N4O3. The van der Waals surface area contributed by atoms with Gasteiger partial charge in [-0.05, 0) is 30.9 Å². The van der Waals surface area contributed by atoms with E-state index < -0.39 is 0 Å². The Morgan fingerprint density at radius 2 is 2.00 bits per heavy atom. The van der Waals surface area contributed by atoms with Crippen LogP contribution in [0, 0.1) is 5.92 Å². The molecule has 0 atom stereocenters. The molecule has 1 aliphatic heterocycles. The number of nitrogens with zero attached hydrogens (tertiary/aromatic N) is 4. The predicted octanol–water partition coefficient (Wildman–Crippen LogP) is 2.55. The molecule has 1 amide bonds. The number of furan rings is 1. The number of hydrogen-bond acceptors (Lipinski definition) is 6. The van der Waals surface area contributed by atoms with Gasteiger partial charge in [-0.2, -0.15) is 4.98 Å². The van der Waals surface area contributed by atoms with Gasteiger partial charge in [0.25, 0.3) is 0 Å². The molecule has 7 heteroatoms. The van der Waals surface area contributed by atoms with Crippen LogP contribution >= 0.6 is 0 Å². The normalized spacial score (nSPS) is 19.6. The van der Waals surface area contributed by atoms with E-state index in [2.05, 4.69) is 15.0 Å². The minimum atomic E-state index is 0.324. The molecular weight excluding hydrogens is 320 g/mol. The topological polar surface area (TPSA) is 75.6 Å². The summed E-state index contributed by atoms with van der Waals surface area (Å²) in [6.45, 7) is 3.86. The Kier molecular flexibility index (Phi) is 4.83. The van der Waals surface area contributed by atoms with Crippen LogP contribution in [0.3, 0.4) is 0 Å². The van der Waals surface area contributed by atoms with E-state index in [0.717, 1.165) is 32.6 Å². The van der Waals surface area contributed by atoms with Gasteiger partial charge >= 0.3 is 0 Å². The highest BCUT2D eigenvalue weighted by atomic mass is 16.5. The zero-order chi connectivity index (χ0) is 17.1. The van der Waals surface area contributed by atoms with E-state index >= 15 is 0 Å². The van der Waals surface area contributed by atoms with Crippen molar-refractivity contribution < 1.29 is 13.7 Å². The monoisotopic (exact) mass is 344 g/mol. The van der Waals surface area contributed by atoms with Crippen LogP contribution in [0.2, 0.25) is 0 Å². The fraction of sp³-hybridized carbons (Fsp3) is 0.611. The lowest BCUT2D eigenvalue weighted by molar-refractivity contribution is -0.134. The third kappa shape index (κ3) is 3.92. The average Bonchev–Trinajstić information content (AvgIpc) is 3.38. The second kappa shape index (κ2) is 7.39. The molecule has 2 aliphatic rings. The number of piperazine rings is 1. The van der Waals surface area contributed by atoms with E-state index in [4.69, 9.17) is 8.94 Å². The van der Waals surface area contributed by atoms with Gasteiger partial charge < -0.3 is 13.8 Å². The quantitative estimate of drug-likeness (QED) is 0.830. The number of carbonyl (C=O) groups excluding carboxylic acids is 1. The van der Waals surface area contributed by atoms with E-state index in [9.17, 15) is 4.79 Å². The maximum atomic E-state index is 12.4. The van der Waals surface area contributed by atoms with Gasteiger partial charge in [0.2, 0.25) is 17.6 Å². The van der Waals surface area contributed by atoms with E-state index in [-0.39, 0.29) is 0 Å². The lowest BCUT2D eigenvalue weighted by Crippen LogP contribution is -2.48. The summed E-state index contributed by atoms with van der Waals surface area (Å²) in [6, 6.07) is 3.61. The first-order chi connectivity index (χ1) is 12.3. The Morgan fingerprint density at radius 1 is 1.20 bits per heavy atom. The van der Waals surface area contributed by atoms with Gasteiger partial charge in [-0.25, -0.2) is 0 Å². The van der Waals surface area contributed by atoms with Gasteiger partial charge in [-0.1, -0.05) is 18.0 Å². The second-order valence-corrected chi connectivity index (χ2v) is 7.00. The maximum absolute atomic E-state index is 12.4. The van der Waals surface area contributed by atoms with Crippen molar-refractivity contribution in [2.45, 2.75) is 38.6 Å². The van der Waals surface area contributed by atoms with Crippen LogP contribution in [0.25, 0.3) is 11.6 Å². The van der Waals surface area contributed by atoms with Gasteiger partial charge in [0.15, 0.2) is 5.76 Å². The van der Waals surface area contributed by atoms with Crippen LogP contribution < -0.4 is 0 Å². The number of aromatic nitrogens is 2. The summed E-state index contributed by atoms with van der Waals surface area (Å²) in [4.78, 5) is 21.0. The molecule has 4 rings (SSSR count). The highest BCUT2D eigenvalue weighted by molar-refractivity contribution is 5.76. The van der Waals surface area contributed by atoms with Gasteiger partial charge in [0, 0.05) is 32.6 Å². The van der Waals surface area contributed by atoms with Crippen molar-refractivity contribution in [3.63, 3.8) is 0 Å². The average molecular weight is 344 g/mol. The molecule has 2 fully saturated rings. The minimum absolute atomic E-state index is 0.324. The molecule has 1 saturated carbocycles. The second-order valence-electron chi connectivity index (χ2n) is 7.00. The lowest BCUT2D eigenvalue weighted by atomic mass is 10.0. The van der Waals surface area contributed by atoms with Crippen molar-refractivity contribution >= 4 is 5.91 Å². The molecule has 25 heavy (non-hydrogen) atoms. The van der Waals surface area contributed by atoms with Gasteiger partial charge in [-0.3, -0.25) is 9.69 Å². The van der Waals surface area contributed by atoms with E-state index in [0.29, 0.717) is 35.8 Å². The summed E-state index contributed by atoms with van der Waals surface area (Å²) in [5.41, 5.74) is 0. The van der Waals surface area contributed by atoms with E-state index in [1.807, 2.05) is 11.0 Å². The first kappa shape index (κ1) is 16.3. The highest BCUT2D eigenvalue weighted by Crippen LogP contribution is 2.28. The SMILES string of the molecule is O=C(CC1CCCC1)N1CCN(Cc2nc(-c3ccco3)no2)CC1. The fourth-order valence-corrected chi connectivity index (χ4v) is 3.76. The first-order valence-electron chi connectivity index (χ1n) is 9.14. The molecule has 2 aromatic rings. The van der Waals surface area contributed by atoms with E-state index in [1.54, 1.807) is 12.3 Å². The van der Waals surface area contributed by atoms with Crippen molar-refractivity contribution in [1.82, 2.24) is 19.9 Å². The molecule has 0 spiro atoms. The molecule has 0 radical (unpaired) electrons. The molecule has 1 saturated heterocycles. The van der Waals surface area contributed by atoms with E-state index in [1.165, 1.54) is 25.7 Å². The van der Waals surface area contributed by atoms with Crippen molar-refractivity contribution in [2.75, 3.05) is 26.2 Å². The summed E-state index contributed by atoms with van der Waals surface area (Å²) in [5, 5.41) is 3.95. The van der Waals surface area contributed by atoms with Crippen molar-refractivity contribution in [1.29, 1.82) is 0 Å². The zero-order valence-electron chi connectivity index (χ0n) is 14.4. The van der Waals surface area contributed by atoms with Crippen LogP contribution in [-0.2, 0) is 11.3 Å². The Balaban J connectivity index is 1.25. The van der Waals surface area contributed by atoms with Crippen LogP contribution in [0.1, 0.15) is 38.0 Å². The largest absolute Gasteiger partial charge is 0.461 e. The third-order valence-corrected chi connectivity index (χ3v) is 5.23. The third-order valence-electron chi connectivity index (χ3n) is 5.23. The number of rotatable bonds is 5. The number of hydrogen-bond donors (Lipinski definition) is 0. The predicted molar refractivity (Wildman–Crippen MR) is 90.4 cm³/mol. The zero-order valence-corrected chi connectivity index (χ0v) is 14.4. The molecule has 3 heterocycles.